The summed E-state index contributed by atoms with van der Waals surface area (Å²) in [4.78, 5) is 23.1. The molecule has 5 nitrogen and oxygen atoms in total. The highest BCUT2D eigenvalue weighted by Gasteiger charge is 2.18. The first-order chi connectivity index (χ1) is 9.88. The molecule has 0 heterocycles. The van der Waals surface area contributed by atoms with Crippen molar-refractivity contribution in [2.45, 2.75) is 19.4 Å². The third kappa shape index (κ3) is 5.30. The zero-order valence-corrected chi connectivity index (χ0v) is 13.9. The Kier molecular flexibility index (Phi) is 7.14. The van der Waals surface area contributed by atoms with Gasteiger partial charge >= 0.3 is 12.0 Å². The second kappa shape index (κ2) is 8.36. The normalized spacial score (nSPS) is 11.8. The minimum absolute atomic E-state index is 0.000598. The van der Waals surface area contributed by atoms with E-state index in [1.165, 1.54) is 12.1 Å². The molecular formula is C13H16Cl2N2O3S. The minimum Gasteiger partial charge on any atom is -0.478 e. The molecule has 0 aliphatic heterocycles. The van der Waals surface area contributed by atoms with Crippen molar-refractivity contribution in [3.8, 4) is 0 Å². The lowest BCUT2D eigenvalue weighted by Crippen LogP contribution is -2.39. The summed E-state index contributed by atoms with van der Waals surface area (Å²) in [7, 11) is 0. The van der Waals surface area contributed by atoms with Gasteiger partial charge < -0.3 is 15.7 Å². The van der Waals surface area contributed by atoms with Gasteiger partial charge in [-0.05, 0) is 24.8 Å². The van der Waals surface area contributed by atoms with Crippen molar-refractivity contribution >= 4 is 52.7 Å². The Labute approximate surface area is 137 Å². The van der Waals surface area contributed by atoms with E-state index in [1.54, 1.807) is 11.8 Å². The average Bonchev–Trinajstić information content (AvgIpc) is 2.40. The molecule has 1 atom stereocenters. The molecule has 1 rings (SSSR count). The number of rotatable bonds is 6. The molecule has 0 aliphatic rings. The maximum Gasteiger partial charge on any atom is 0.337 e. The number of benzene rings is 1. The number of carbonyl (C=O) groups is 2. The molecule has 0 radical (unpaired) electrons. The van der Waals surface area contributed by atoms with Crippen LogP contribution in [0.4, 0.5) is 10.5 Å². The summed E-state index contributed by atoms with van der Waals surface area (Å²) in [6.45, 7) is 1.96. The van der Waals surface area contributed by atoms with Crippen molar-refractivity contribution in [3.63, 3.8) is 0 Å². The van der Waals surface area contributed by atoms with Crippen LogP contribution in [-0.4, -0.2) is 35.2 Å². The summed E-state index contributed by atoms with van der Waals surface area (Å²) in [6.07, 6.45) is 2.72. The number of anilines is 1. The molecule has 0 aliphatic carbocycles. The third-order valence-electron chi connectivity index (χ3n) is 2.72. The molecule has 1 unspecified atom stereocenters. The molecule has 0 spiro atoms. The fraction of sp³-hybridized carbons (Fsp3) is 0.385. The Bertz CT molecular complexity index is 540. The summed E-state index contributed by atoms with van der Waals surface area (Å²) in [5, 5.41) is 14.7. The van der Waals surface area contributed by atoms with E-state index in [9.17, 15) is 9.59 Å². The van der Waals surface area contributed by atoms with Gasteiger partial charge in [0.15, 0.2) is 0 Å². The molecule has 1 aromatic carbocycles. The highest BCUT2D eigenvalue weighted by Crippen LogP contribution is 2.30. The van der Waals surface area contributed by atoms with Gasteiger partial charge in [0.2, 0.25) is 0 Å². The van der Waals surface area contributed by atoms with Crippen LogP contribution in [0, 0.1) is 0 Å². The summed E-state index contributed by atoms with van der Waals surface area (Å²) in [5.41, 5.74) is -0.120. The van der Waals surface area contributed by atoms with Crippen LogP contribution in [0.3, 0.4) is 0 Å². The second-order valence-corrected chi connectivity index (χ2v) is 6.03. The molecule has 0 aromatic heterocycles. The molecule has 21 heavy (non-hydrogen) atoms. The summed E-state index contributed by atoms with van der Waals surface area (Å²) in [5.74, 6) is -0.449. The zero-order chi connectivity index (χ0) is 16.0. The standard InChI is InChI=1S/C13H16Cl2N2O3S/c1-3-8(6-21-2)16-13(20)17-11-9(12(18)19)4-7(14)5-10(11)15/h4-5,8H,3,6H2,1-2H3,(H,18,19)(H2,16,17,20). The number of carbonyl (C=O) groups excluding carboxylic acids is 1. The van der Waals surface area contributed by atoms with Crippen LogP contribution < -0.4 is 10.6 Å². The van der Waals surface area contributed by atoms with Crippen molar-refractivity contribution in [1.82, 2.24) is 5.32 Å². The molecule has 3 N–H and O–H groups in total. The van der Waals surface area contributed by atoms with E-state index >= 15 is 0 Å². The molecule has 0 saturated heterocycles. The van der Waals surface area contributed by atoms with E-state index in [4.69, 9.17) is 28.3 Å². The van der Waals surface area contributed by atoms with Gasteiger partial charge in [-0.3, -0.25) is 0 Å². The molecule has 8 heteroatoms. The predicted octanol–water partition coefficient (Wildman–Crippen LogP) is 3.95. The minimum atomic E-state index is -1.22. The van der Waals surface area contributed by atoms with Crippen LogP contribution in [0.15, 0.2) is 12.1 Å². The lowest BCUT2D eigenvalue weighted by Gasteiger charge is -2.17. The zero-order valence-electron chi connectivity index (χ0n) is 11.6. The van der Waals surface area contributed by atoms with E-state index in [1.807, 2.05) is 13.2 Å². The van der Waals surface area contributed by atoms with Gasteiger partial charge in [0.25, 0.3) is 0 Å². The molecule has 0 bridgehead atoms. The number of amides is 2. The number of carboxylic acids is 1. The van der Waals surface area contributed by atoms with Gasteiger partial charge in [0.1, 0.15) is 0 Å². The smallest absolute Gasteiger partial charge is 0.337 e. The first kappa shape index (κ1) is 17.9. The van der Waals surface area contributed by atoms with Crippen LogP contribution in [0.2, 0.25) is 10.0 Å². The maximum atomic E-state index is 12.0. The number of aromatic carboxylic acids is 1. The SMILES string of the molecule is CCC(CSC)NC(=O)Nc1c(Cl)cc(Cl)cc1C(=O)O. The summed E-state index contributed by atoms with van der Waals surface area (Å²) >= 11 is 13.3. The van der Waals surface area contributed by atoms with Crippen molar-refractivity contribution < 1.29 is 14.7 Å². The monoisotopic (exact) mass is 350 g/mol. The first-order valence-electron chi connectivity index (χ1n) is 6.17. The maximum absolute atomic E-state index is 12.0. The number of carboxylic acid groups (broad SMARTS) is 1. The van der Waals surface area contributed by atoms with E-state index < -0.39 is 12.0 Å². The van der Waals surface area contributed by atoms with Gasteiger partial charge in [0.05, 0.1) is 16.3 Å². The molecule has 1 aromatic rings. The van der Waals surface area contributed by atoms with Crippen LogP contribution in [0.25, 0.3) is 0 Å². The van der Waals surface area contributed by atoms with E-state index in [2.05, 4.69) is 10.6 Å². The Hall–Kier alpha value is -1.11. The molecule has 2 amide bonds. The van der Waals surface area contributed by atoms with Crippen molar-refractivity contribution in [2.24, 2.45) is 0 Å². The van der Waals surface area contributed by atoms with Crippen LogP contribution in [0.5, 0.6) is 0 Å². The Morgan fingerprint density at radius 3 is 2.57 bits per heavy atom. The van der Waals surface area contributed by atoms with Gasteiger partial charge in [-0.15, -0.1) is 0 Å². The first-order valence-corrected chi connectivity index (χ1v) is 8.32. The Morgan fingerprint density at radius 1 is 1.38 bits per heavy atom. The lowest BCUT2D eigenvalue weighted by molar-refractivity contribution is 0.0698. The fourth-order valence-corrected chi connectivity index (χ4v) is 2.93. The Balaban J connectivity index is 2.92. The molecular weight excluding hydrogens is 335 g/mol. The lowest BCUT2D eigenvalue weighted by atomic mass is 10.2. The van der Waals surface area contributed by atoms with Crippen LogP contribution in [-0.2, 0) is 0 Å². The largest absolute Gasteiger partial charge is 0.478 e. The molecule has 0 fully saturated rings. The second-order valence-electron chi connectivity index (χ2n) is 4.27. The highest BCUT2D eigenvalue weighted by atomic mass is 35.5. The van der Waals surface area contributed by atoms with Crippen LogP contribution in [0.1, 0.15) is 23.7 Å². The average molecular weight is 351 g/mol. The van der Waals surface area contributed by atoms with Crippen molar-refractivity contribution in [3.05, 3.63) is 27.7 Å². The van der Waals surface area contributed by atoms with Crippen LogP contribution >= 0.6 is 35.0 Å². The quantitative estimate of drug-likeness (QED) is 0.725. The molecule has 116 valence electrons. The Morgan fingerprint density at radius 2 is 2.05 bits per heavy atom. The summed E-state index contributed by atoms with van der Waals surface area (Å²) in [6, 6.07) is 2.12. The van der Waals surface area contributed by atoms with Gasteiger partial charge in [-0.25, -0.2) is 9.59 Å². The van der Waals surface area contributed by atoms with Gasteiger partial charge in [-0.2, -0.15) is 11.8 Å². The number of urea groups is 1. The highest BCUT2D eigenvalue weighted by molar-refractivity contribution is 7.98. The fourth-order valence-electron chi connectivity index (χ4n) is 1.67. The molecule has 0 saturated carbocycles. The predicted molar refractivity (Wildman–Crippen MR) is 88.0 cm³/mol. The van der Waals surface area contributed by atoms with Gasteiger partial charge in [-0.1, -0.05) is 30.1 Å². The third-order valence-corrected chi connectivity index (χ3v) is 3.97. The number of nitrogens with one attached hydrogen (secondary N) is 2. The van der Waals surface area contributed by atoms with Crippen molar-refractivity contribution in [1.29, 1.82) is 0 Å². The number of halogens is 2. The number of hydrogen-bond acceptors (Lipinski definition) is 3. The number of hydrogen-bond donors (Lipinski definition) is 3. The van der Waals surface area contributed by atoms with E-state index in [-0.39, 0.29) is 27.3 Å². The van der Waals surface area contributed by atoms with E-state index in [0.29, 0.717) is 0 Å². The summed E-state index contributed by atoms with van der Waals surface area (Å²) < 4.78 is 0. The topological polar surface area (TPSA) is 78.4 Å². The number of thioether (sulfide) groups is 1. The van der Waals surface area contributed by atoms with E-state index in [0.717, 1.165) is 12.2 Å². The van der Waals surface area contributed by atoms with Crippen molar-refractivity contribution in [2.75, 3.05) is 17.3 Å². The van der Waals surface area contributed by atoms with Gasteiger partial charge in [0, 0.05) is 16.8 Å².